The molecule has 0 spiro atoms. The van der Waals surface area contributed by atoms with E-state index in [1.165, 1.54) is 19.6 Å². The zero-order chi connectivity index (χ0) is 14.0. The molecule has 0 bridgehead atoms. The monoisotopic (exact) mass is 278 g/mol. The van der Waals surface area contributed by atoms with Crippen LogP contribution in [0.4, 0.5) is 5.69 Å². The van der Waals surface area contributed by atoms with Gasteiger partial charge in [0, 0.05) is 11.8 Å². The molecule has 2 rings (SSSR count). The van der Waals surface area contributed by atoms with Gasteiger partial charge in [0.2, 0.25) is 5.88 Å². The van der Waals surface area contributed by atoms with Crippen molar-refractivity contribution in [3.63, 3.8) is 0 Å². The van der Waals surface area contributed by atoms with Crippen molar-refractivity contribution in [2.24, 2.45) is 0 Å². The van der Waals surface area contributed by atoms with Crippen molar-refractivity contribution in [3.8, 4) is 17.0 Å². The number of sulfone groups is 1. The van der Waals surface area contributed by atoms with Crippen LogP contribution >= 0.6 is 0 Å². The quantitative estimate of drug-likeness (QED) is 0.924. The van der Waals surface area contributed by atoms with Crippen molar-refractivity contribution in [3.05, 3.63) is 36.5 Å². The van der Waals surface area contributed by atoms with Crippen LogP contribution in [-0.4, -0.2) is 26.8 Å². The van der Waals surface area contributed by atoms with Crippen LogP contribution in [0.5, 0.6) is 5.88 Å². The van der Waals surface area contributed by atoms with Crippen molar-refractivity contribution in [1.82, 2.24) is 4.98 Å². The zero-order valence-corrected chi connectivity index (χ0v) is 11.4. The normalized spacial score (nSPS) is 11.3. The lowest BCUT2D eigenvalue weighted by atomic mass is 10.1. The van der Waals surface area contributed by atoms with E-state index in [2.05, 4.69) is 4.98 Å². The molecule has 1 aromatic heterocycles. The van der Waals surface area contributed by atoms with E-state index in [0.717, 1.165) is 11.1 Å². The minimum absolute atomic E-state index is 0.270. The summed E-state index contributed by atoms with van der Waals surface area (Å²) in [6, 6.07) is 8.24. The van der Waals surface area contributed by atoms with E-state index >= 15 is 0 Å². The number of hydrogen-bond donors (Lipinski definition) is 1. The topological polar surface area (TPSA) is 82.3 Å². The number of pyridine rings is 1. The van der Waals surface area contributed by atoms with Crippen molar-refractivity contribution in [2.75, 3.05) is 19.1 Å². The van der Waals surface area contributed by atoms with Gasteiger partial charge in [-0.05, 0) is 23.8 Å². The number of ether oxygens (including phenoxy) is 1. The van der Waals surface area contributed by atoms with E-state index in [0.29, 0.717) is 11.6 Å². The molecular weight excluding hydrogens is 264 g/mol. The second-order valence-corrected chi connectivity index (χ2v) is 6.14. The summed E-state index contributed by atoms with van der Waals surface area (Å²) >= 11 is 0. The van der Waals surface area contributed by atoms with Gasteiger partial charge >= 0.3 is 0 Å². The molecule has 1 heterocycles. The smallest absolute Gasteiger partial charge is 0.221 e. The Balaban J connectivity index is 2.51. The fraction of sp³-hybridized carbons (Fsp3) is 0.154. The number of nitrogen functional groups attached to an aromatic ring is 1. The van der Waals surface area contributed by atoms with Crippen LogP contribution in [0.2, 0.25) is 0 Å². The molecule has 0 aliphatic heterocycles. The summed E-state index contributed by atoms with van der Waals surface area (Å²) in [4.78, 5) is 4.35. The van der Waals surface area contributed by atoms with Gasteiger partial charge < -0.3 is 10.5 Å². The van der Waals surface area contributed by atoms with Crippen LogP contribution in [-0.2, 0) is 9.84 Å². The Hall–Kier alpha value is -2.08. The fourth-order valence-corrected chi connectivity index (χ4v) is 2.35. The number of hydrogen-bond acceptors (Lipinski definition) is 5. The highest BCUT2D eigenvalue weighted by molar-refractivity contribution is 7.90. The summed E-state index contributed by atoms with van der Waals surface area (Å²) in [5.41, 5.74) is 7.74. The Morgan fingerprint density at radius 3 is 2.37 bits per heavy atom. The number of anilines is 1. The third-order valence-corrected chi connectivity index (χ3v) is 3.79. The lowest BCUT2D eigenvalue weighted by Crippen LogP contribution is -1.97. The first-order valence-electron chi connectivity index (χ1n) is 5.52. The van der Waals surface area contributed by atoms with E-state index in [1.54, 1.807) is 30.3 Å². The van der Waals surface area contributed by atoms with Gasteiger partial charge in [-0.15, -0.1) is 0 Å². The summed E-state index contributed by atoms with van der Waals surface area (Å²) in [7, 11) is -1.68. The standard InChI is InChI=1S/C13H14N2O3S/c1-18-13-12(7-10(14)8-15-13)9-3-5-11(6-4-9)19(2,16)17/h3-8H,14H2,1-2H3. The molecule has 1 aromatic carbocycles. The van der Waals surface area contributed by atoms with Crippen LogP contribution in [0.1, 0.15) is 0 Å². The van der Waals surface area contributed by atoms with Gasteiger partial charge in [-0.1, -0.05) is 12.1 Å². The predicted octanol–water partition coefficient (Wildman–Crippen LogP) is 1.74. The summed E-state index contributed by atoms with van der Waals surface area (Å²) < 4.78 is 28.0. The van der Waals surface area contributed by atoms with Crippen LogP contribution in [0.25, 0.3) is 11.1 Å². The highest BCUT2D eigenvalue weighted by atomic mass is 32.2. The molecule has 0 unspecified atom stereocenters. The minimum Gasteiger partial charge on any atom is -0.481 e. The predicted molar refractivity (Wildman–Crippen MR) is 73.7 cm³/mol. The Morgan fingerprint density at radius 1 is 1.21 bits per heavy atom. The summed E-state index contributed by atoms with van der Waals surface area (Å²) in [5.74, 6) is 0.446. The molecule has 5 nitrogen and oxygen atoms in total. The van der Waals surface area contributed by atoms with Gasteiger partial charge in [0.15, 0.2) is 9.84 Å². The molecule has 0 saturated carbocycles. The van der Waals surface area contributed by atoms with Gasteiger partial charge in [-0.2, -0.15) is 0 Å². The number of aromatic nitrogens is 1. The summed E-state index contributed by atoms with van der Waals surface area (Å²) in [6.45, 7) is 0. The van der Waals surface area contributed by atoms with Crippen molar-refractivity contribution >= 4 is 15.5 Å². The van der Waals surface area contributed by atoms with Gasteiger partial charge in [0.25, 0.3) is 0 Å². The van der Waals surface area contributed by atoms with Gasteiger partial charge in [0.1, 0.15) is 0 Å². The lowest BCUT2D eigenvalue weighted by molar-refractivity contribution is 0.400. The molecule has 0 radical (unpaired) electrons. The van der Waals surface area contributed by atoms with Gasteiger partial charge in [0.05, 0.1) is 23.9 Å². The molecule has 0 aliphatic rings. The first-order valence-corrected chi connectivity index (χ1v) is 7.41. The number of methoxy groups -OCH3 is 1. The number of benzene rings is 1. The van der Waals surface area contributed by atoms with Crippen LogP contribution in [0, 0.1) is 0 Å². The lowest BCUT2D eigenvalue weighted by Gasteiger charge is -2.08. The molecule has 2 aromatic rings. The maximum atomic E-state index is 11.4. The van der Waals surface area contributed by atoms with Crippen LogP contribution in [0.3, 0.4) is 0 Å². The Kier molecular flexibility index (Phi) is 3.44. The minimum atomic E-state index is -3.20. The highest BCUT2D eigenvalue weighted by Crippen LogP contribution is 2.30. The van der Waals surface area contributed by atoms with E-state index < -0.39 is 9.84 Å². The average molecular weight is 278 g/mol. The first-order chi connectivity index (χ1) is 8.91. The second-order valence-electron chi connectivity index (χ2n) is 4.12. The first kappa shape index (κ1) is 13.4. The molecule has 0 fully saturated rings. The van der Waals surface area contributed by atoms with E-state index in [4.69, 9.17) is 10.5 Å². The number of nitrogens with two attached hydrogens (primary N) is 1. The Morgan fingerprint density at radius 2 is 1.84 bits per heavy atom. The number of rotatable bonds is 3. The molecule has 6 heteroatoms. The molecule has 2 N–H and O–H groups in total. The maximum absolute atomic E-state index is 11.4. The Labute approximate surface area is 112 Å². The maximum Gasteiger partial charge on any atom is 0.221 e. The third-order valence-electron chi connectivity index (χ3n) is 2.66. The summed E-state index contributed by atoms with van der Waals surface area (Å²) in [5, 5.41) is 0. The molecular formula is C13H14N2O3S. The van der Waals surface area contributed by atoms with E-state index in [9.17, 15) is 8.42 Å². The van der Waals surface area contributed by atoms with Crippen LogP contribution < -0.4 is 10.5 Å². The Bertz CT molecular complexity index is 694. The molecule has 0 atom stereocenters. The van der Waals surface area contributed by atoms with E-state index in [-0.39, 0.29) is 4.90 Å². The van der Waals surface area contributed by atoms with Crippen molar-refractivity contribution in [1.29, 1.82) is 0 Å². The SMILES string of the molecule is COc1ncc(N)cc1-c1ccc(S(C)(=O)=O)cc1. The highest BCUT2D eigenvalue weighted by Gasteiger charge is 2.10. The fourth-order valence-electron chi connectivity index (χ4n) is 1.72. The largest absolute Gasteiger partial charge is 0.481 e. The van der Waals surface area contributed by atoms with Gasteiger partial charge in [-0.25, -0.2) is 13.4 Å². The zero-order valence-electron chi connectivity index (χ0n) is 10.6. The summed E-state index contributed by atoms with van der Waals surface area (Å²) in [6.07, 6.45) is 2.68. The molecule has 19 heavy (non-hydrogen) atoms. The van der Waals surface area contributed by atoms with E-state index in [1.807, 2.05) is 0 Å². The molecule has 0 aliphatic carbocycles. The van der Waals surface area contributed by atoms with Crippen molar-refractivity contribution in [2.45, 2.75) is 4.90 Å². The molecule has 0 saturated heterocycles. The molecule has 0 amide bonds. The number of nitrogens with zero attached hydrogens (tertiary/aromatic N) is 1. The third kappa shape index (κ3) is 2.85. The molecule has 100 valence electrons. The second kappa shape index (κ2) is 4.89. The average Bonchev–Trinajstić information content (AvgIpc) is 2.38. The van der Waals surface area contributed by atoms with Gasteiger partial charge in [-0.3, -0.25) is 0 Å². The van der Waals surface area contributed by atoms with Crippen LogP contribution in [0.15, 0.2) is 41.4 Å². The van der Waals surface area contributed by atoms with Crippen molar-refractivity contribution < 1.29 is 13.2 Å².